The average molecular weight is 355 g/mol. The Bertz CT molecular complexity index is 674. The van der Waals surface area contributed by atoms with Gasteiger partial charge >= 0.3 is 0 Å². The second-order valence-electron chi connectivity index (χ2n) is 5.68. The lowest BCUT2D eigenvalue weighted by Gasteiger charge is -2.29. The summed E-state index contributed by atoms with van der Waals surface area (Å²) in [5, 5.41) is 11.4. The molecule has 1 aromatic carbocycles. The van der Waals surface area contributed by atoms with Crippen molar-refractivity contribution in [2.75, 3.05) is 13.1 Å². The quantitative estimate of drug-likeness (QED) is 0.890. The first-order chi connectivity index (χ1) is 10.6. The number of amides is 1. The van der Waals surface area contributed by atoms with Gasteiger partial charge in [0, 0.05) is 17.3 Å². The molecule has 5 nitrogen and oxygen atoms in total. The van der Waals surface area contributed by atoms with Gasteiger partial charge in [-0.15, -0.1) is 12.4 Å². The molecule has 0 spiro atoms. The molecule has 124 valence electrons. The van der Waals surface area contributed by atoms with E-state index in [1.54, 1.807) is 23.0 Å². The van der Waals surface area contributed by atoms with Gasteiger partial charge in [-0.05, 0) is 49.7 Å². The highest BCUT2D eigenvalue weighted by molar-refractivity contribution is 6.30. The summed E-state index contributed by atoms with van der Waals surface area (Å²) in [6, 6.07) is 9.30. The van der Waals surface area contributed by atoms with E-state index >= 15 is 0 Å². The Morgan fingerprint density at radius 3 is 3.00 bits per heavy atom. The lowest BCUT2D eigenvalue weighted by atomic mass is 9.95. The molecule has 7 heteroatoms. The van der Waals surface area contributed by atoms with Crippen LogP contribution in [0, 0.1) is 5.92 Å². The minimum atomic E-state index is -0.125. The first-order valence-electron chi connectivity index (χ1n) is 7.46. The number of halogens is 2. The number of aromatic nitrogens is 2. The van der Waals surface area contributed by atoms with Gasteiger partial charge in [-0.3, -0.25) is 4.79 Å². The molecule has 1 amide bonds. The molecule has 2 heterocycles. The minimum Gasteiger partial charge on any atom is -0.348 e. The molecule has 0 bridgehead atoms. The Balaban J connectivity index is 0.00000192. The van der Waals surface area contributed by atoms with Crippen LogP contribution in [-0.2, 0) is 0 Å². The molecule has 0 radical (unpaired) electrons. The standard InChI is InChI=1S/C16H19ClN4O.ClH/c1-11-10-18-7-5-14(11)19-16(22)15-6-8-21(20-15)13-4-2-3-12(17)9-13;/h2-4,6,8-9,11,14,18H,5,7,10H2,1H3,(H,19,22);1H. The monoisotopic (exact) mass is 354 g/mol. The van der Waals surface area contributed by atoms with E-state index in [9.17, 15) is 4.79 Å². The van der Waals surface area contributed by atoms with E-state index < -0.39 is 0 Å². The molecule has 1 saturated heterocycles. The zero-order chi connectivity index (χ0) is 15.5. The SMILES string of the molecule is CC1CNCCC1NC(=O)c1ccn(-c2cccc(Cl)c2)n1.Cl. The molecule has 1 aliphatic heterocycles. The largest absolute Gasteiger partial charge is 0.348 e. The number of hydrogen-bond acceptors (Lipinski definition) is 3. The maximum Gasteiger partial charge on any atom is 0.272 e. The maximum atomic E-state index is 12.3. The lowest BCUT2D eigenvalue weighted by molar-refractivity contribution is 0.0908. The van der Waals surface area contributed by atoms with Crippen LogP contribution in [-0.4, -0.2) is 34.8 Å². The Hall–Kier alpha value is -1.56. The molecular formula is C16H20Cl2N4O. The van der Waals surface area contributed by atoms with Gasteiger partial charge in [0.05, 0.1) is 5.69 Å². The Kier molecular flexibility index (Phi) is 6.04. The van der Waals surface area contributed by atoms with Gasteiger partial charge in [-0.2, -0.15) is 5.10 Å². The van der Waals surface area contributed by atoms with Gasteiger partial charge in [-0.1, -0.05) is 24.6 Å². The zero-order valence-corrected chi connectivity index (χ0v) is 14.4. The van der Waals surface area contributed by atoms with Gasteiger partial charge in [0.25, 0.3) is 5.91 Å². The van der Waals surface area contributed by atoms with Crippen molar-refractivity contribution in [1.82, 2.24) is 20.4 Å². The third kappa shape index (κ3) is 4.25. The van der Waals surface area contributed by atoms with Crippen molar-refractivity contribution in [3.63, 3.8) is 0 Å². The van der Waals surface area contributed by atoms with Gasteiger partial charge in [0.15, 0.2) is 5.69 Å². The number of carbonyl (C=O) groups excluding carboxylic acids is 1. The molecule has 2 unspecified atom stereocenters. The molecular weight excluding hydrogens is 335 g/mol. The van der Waals surface area contributed by atoms with Gasteiger partial charge in [0.2, 0.25) is 0 Å². The summed E-state index contributed by atoms with van der Waals surface area (Å²) in [5.41, 5.74) is 1.26. The number of hydrogen-bond donors (Lipinski definition) is 2. The molecule has 2 aromatic rings. The van der Waals surface area contributed by atoms with E-state index in [2.05, 4.69) is 22.7 Å². The van der Waals surface area contributed by atoms with Crippen LogP contribution in [0.3, 0.4) is 0 Å². The van der Waals surface area contributed by atoms with Crippen molar-refractivity contribution in [1.29, 1.82) is 0 Å². The van der Waals surface area contributed by atoms with Gasteiger partial charge in [0.1, 0.15) is 0 Å². The van der Waals surface area contributed by atoms with E-state index in [4.69, 9.17) is 11.6 Å². The van der Waals surface area contributed by atoms with Crippen LogP contribution in [0.1, 0.15) is 23.8 Å². The minimum absolute atomic E-state index is 0. The summed E-state index contributed by atoms with van der Waals surface area (Å²) in [7, 11) is 0. The van der Waals surface area contributed by atoms with Gasteiger partial charge in [-0.25, -0.2) is 4.68 Å². The maximum absolute atomic E-state index is 12.3. The van der Waals surface area contributed by atoms with Crippen molar-refractivity contribution in [3.8, 4) is 5.69 Å². The average Bonchev–Trinajstić information content (AvgIpc) is 2.99. The smallest absolute Gasteiger partial charge is 0.272 e. The molecule has 23 heavy (non-hydrogen) atoms. The summed E-state index contributed by atoms with van der Waals surface area (Å²) in [6.45, 7) is 4.01. The Morgan fingerprint density at radius 1 is 1.43 bits per heavy atom. The Morgan fingerprint density at radius 2 is 2.26 bits per heavy atom. The number of piperidine rings is 1. The third-order valence-corrected chi connectivity index (χ3v) is 4.23. The number of nitrogens with one attached hydrogen (secondary N) is 2. The van der Waals surface area contributed by atoms with Crippen LogP contribution in [0.2, 0.25) is 5.02 Å². The molecule has 1 aliphatic rings. The molecule has 2 atom stereocenters. The summed E-state index contributed by atoms with van der Waals surface area (Å²) >= 11 is 5.98. The predicted molar refractivity (Wildman–Crippen MR) is 93.7 cm³/mol. The van der Waals surface area contributed by atoms with E-state index in [1.165, 1.54) is 0 Å². The third-order valence-electron chi connectivity index (χ3n) is 4.00. The van der Waals surface area contributed by atoms with E-state index in [-0.39, 0.29) is 24.4 Å². The van der Waals surface area contributed by atoms with Crippen molar-refractivity contribution in [2.45, 2.75) is 19.4 Å². The van der Waals surface area contributed by atoms with Gasteiger partial charge < -0.3 is 10.6 Å². The molecule has 1 aromatic heterocycles. The van der Waals surface area contributed by atoms with E-state index in [1.807, 2.05) is 18.2 Å². The predicted octanol–water partition coefficient (Wildman–Crippen LogP) is 2.68. The van der Waals surface area contributed by atoms with E-state index in [0.29, 0.717) is 16.6 Å². The highest BCUT2D eigenvalue weighted by atomic mass is 35.5. The fraction of sp³-hybridized carbons (Fsp3) is 0.375. The molecule has 0 aliphatic carbocycles. The first-order valence-corrected chi connectivity index (χ1v) is 7.84. The van der Waals surface area contributed by atoms with Crippen LogP contribution in [0.4, 0.5) is 0 Å². The molecule has 3 rings (SSSR count). The number of benzene rings is 1. The molecule has 1 fully saturated rings. The highest BCUT2D eigenvalue weighted by Crippen LogP contribution is 2.15. The summed E-state index contributed by atoms with van der Waals surface area (Å²) in [6.07, 6.45) is 2.72. The van der Waals surface area contributed by atoms with Crippen LogP contribution < -0.4 is 10.6 Å². The number of carbonyl (C=O) groups is 1. The Labute approximate surface area is 146 Å². The number of rotatable bonds is 3. The summed E-state index contributed by atoms with van der Waals surface area (Å²) in [5.74, 6) is 0.298. The second-order valence-corrected chi connectivity index (χ2v) is 6.11. The van der Waals surface area contributed by atoms with Crippen molar-refractivity contribution >= 4 is 29.9 Å². The fourth-order valence-corrected chi connectivity index (χ4v) is 2.86. The fourth-order valence-electron chi connectivity index (χ4n) is 2.68. The van der Waals surface area contributed by atoms with E-state index in [0.717, 1.165) is 25.2 Å². The molecule has 0 saturated carbocycles. The highest BCUT2D eigenvalue weighted by Gasteiger charge is 2.23. The first kappa shape index (κ1) is 17.8. The van der Waals surface area contributed by atoms with Crippen LogP contribution in [0.15, 0.2) is 36.5 Å². The summed E-state index contributed by atoms with van der Waals surface area (Å²) < 4.78 is 1.66. The second kappa shape index (κ2) is 7.81. The van der Waals surface area contributed by atoms with Crippen LogP contribution in [0.5, 0.6) is 0 Å². The van der Waals surface area contributed by atoms with Crippen molar-refractivity contribution in [2.24, 2.45) is 5.92 Å². The normalized spacial score (nSPS) is 20.6. The molecule has 2 N–H and O–H groups in total. The number of nitrogens with zero attached hydrogens (tertiary/aromatic N) is 2. The van der Waals surface area contributed by atoms with Crippen LogP contribution >= 0.6 is 24.0 Å². The van der Waals surface area contributed by atoms with Crippen molar-refractivity contribution in [3.05, 3.63) is 47.2 Å². The summed E-state index contributed by atoms with van der Waals surface area (Å²) in [4.78, 5) is 12.3. The van der Waals surface area contributed by atoms with Crippen LogP contribution in [0.25, 0.3) is 5.69 Å². The topological polar surface area (TPSA) is 58.9 Å². The zero-order valence-electron chi connectivity index (χ0n) is 12.8. The lowest BCUT2D eigenvalue weighted by Crippen LogP contribution is -2.48. The van der Waals surface area contributed by atoms with Crippen molar-refractivity contribution < 1.29 is 4.79 Å².